The molecule has 3 N–H and O–H groups in total. The Morgan fingerprint density at radius 1 is 1.44 bits per heavy atom. The highest BCUT2D eigenvalue weighted by Gasteiger charge is 2.14. The normalized spacial score (nSPS) is 10.1. The predicted molar refractivity (Wildman–Crippen MR) is 70.0 cm³/mol. The lowest BCUT2D eigenvalue weighted by atomic mass is 10.2. The van der Waals surface area contributed by atoms with Crippen molar-refractivity contribution >= 4 is 28.1 Å². The van der Waals surface area contributed by atoms with Crippen LogP contribution in [0.3, 0.4) is 0 Å². The molecule has 0 aliphatic heterocycles. The van der Waals surface area contributed by atoms with Crippen molar-refractivity contribution in [2.24, 2.45) is 0 Å². The number of amides is 1. The molecule has 1 aromatic carbocycles. The number of aryl methyl sites for hydroxylation is 1. The summed E-state index contributed by atoms with van der Waals surface area (Å²) in [7, 11) is 1.54. The van der Waals surface area contributed by atoms with Gasteiger partial charge in [-0.2, -0.15) is 0 Å². The molecule has 1 heterocycles. The summed E-state index contributed by atoms with van der Waals surface area (Å²) in [6.45, 7) is 1.93. The fourth-order valence-corrected chi connectivity index (χ4v) is 1.93. The number of nitrogens with two attached hydrogens (primary N) is 1. The van der Waals surface area contributed by atoms with Gasteiger partial charge in [0.2, 0.25) is 10.1 Å². The molecule has 0 aliphatic carbocycles. The van der Waals surface area contributed by atoms with Crippen LogP contribution in [0.4, 0.5) is 10.8 Å². The van der Waals surface area contributed by atoms with Gasteiger partial charge in [0, 0.05) is 0 Å². The topological polar surface area (TPSA) is 90.1 Å². The minimum atomic E-state index is -0.354. The van der Waals surface area contributed by atoms with E-state index in [1.165, 1.54) is 0 Å². The molecule has 94 valence electrons. The number of hydrogen-bond donors (Lipinski definition) is 2. The van der Waals surface area contributed by atoms with Crippen LogP contribution in [0.25, 0.3) is 0 Å². The standard InChI is InChI=1S/C11H12N4O2S/c1-6-3-4-8(17-2)7(5-6)13-9(16)10-14-15-11(12)18-10/h3-5H,1-2H3,(H2,12,15)(H,13,16). The van der Waals surface area contributed by atoms with Crippen molar-refractivity contribution in [1.82, 2.24) is 10.2 Å². The van der Waals surface area contributed by atoms with Gasteiger partial charge >= 0.3 is 0 Å². The van der Waals surface area contributed by atoms with Gasteiger partial charge < -0.3 is 15.8 Å². The van der Waals surface area contributed by atoms with Crippen molar-refractivity contribution in [3.63, 3.8) is 0 Å². The summed E-state index contributed by atoms with van der Waals surface area (Å²) in [5.74, 6) is 0.236. The predicted octanol–water partition coefficient (Wildman–Crippen LogP) is 1.69. The minimum Gasteiger partial charge on any atom is -0.495 e. The molecule has 1 aromatic heterocycles. The summed E-state index contributed by atoms with van der Waals surface area (Å²) in [4.78, 5) is 11.9. The van der Waals surface area contributed by atoms with E-state index in [0.29, 0.717) is 11.4 Å². The molecule has 2 rings (SSSR count). The van der Waals surface area contributed by atoms with Crippen molar-refractivity contribution in [3.8, 4) is 5.75 Å². The van der Waals surface area contributed by atoms with Crippen LogP contribution in [0.5, 0.6) is 5.75 Å². The van der Waals surface area contributed by atoms with Crippen LogP contribution in [-0.4, -0.2) is 23.2 Å². The molecule has 0 saturated carbocycles. The van der Waals surface area contributed by atoms with Gasteiger partial charge in [-0.15, -0.1) is 10.2 Å². The zero-order chi connectivity index (χ0) is 13.1. The molecule has 1 amide bonds. The lowest BCUT2D eigenvalue weighted by Crippen LogP contribution is -2.12. The molecule has 0 saturated heterocycles. The molecule has 0 bridgehead atoms. The summed E-state index contributed by atoms with van der Waals surface area (Å²) in [6.07, 6.45) is 0. The molecule has 0 spiro atoms. The van der Waals surface area contributed by atoms with E-state index in [4.69, 9.17) is 10.5 Å². The number of carbonyl (C=O) groups excluding carboxylic acids is 1. The Balaban J connectivity index is 2.23. The SMILES string of the molecule is COc1ccc(C)cc1NC(=O)c1nnc(N)s1. The second-order valence-electron chi connectivity index (χ2n) is 3.60. The molecule has 0 aliphatic rings. The van der Waals surface area contributed by atoms with Crippen molar-refractivity contribution in [2.75, 3.05) is 18.2 Å². The minimum absolute atomic E-state index is 0.219. The Morgan fingerprint density at radius 2 is 2.22 bits per heavy atom. The monoisotopic (exact) mass is 264 g/mol. The van der Waals surface area contributed by atoms with E-state index in [9.17, 15) is 4.79 Å². The zero-order valence-corrected chi connectivity index (χ0v) is 10.7. The third-order valence-corrected chi connectivity index (χ3v) is 2.99. The van der Waals surface area contributed by atoms with Crippen LogP contribution >= 0.6 is 11.3 Å². The molecule has 0 radical (unpaired) electrons. The third-order valence-electron chi connectivity index (χ3n) is 2.24. The molecular weight excluding hydrogens is 252 g/mol. The molecule has 6 nitrogen and oxygen atoms in total. The van der Waals surface area contributed by atoms with Gasteiger partial charge in [-0.1, -0.05) is 17.4 Å². The fraction of sp³-hybridized carbons (Fsp3) is 0.182. The van der Waals surface area contributed by atoms with E-state index in [2.05, 4.69) is 15.5 Å². The first-order valence-corrected chi connectivity index (χ1v) is 5.97. The molecule has 18 heavy (non-hydrogen) atoms. The highest BCUT2D eigenvalue weighted by Crippen LogP contribution is 2.26. The Morgan fingerprint density at radius 3 is 2.83 bits per heavy atom. The van der Waals surface area contributed by atoms with Crippen LogP contribution in [0.15, 0.2) is 18.2 Å². The molecule has 7 heteroatoms. The van der Waals surface area contributed by atoms with Gasteiger partial charge in [-0.05, 0) is 24.6 Å². The summed E-state index contributed by atoms with van der Waals surface area (Å²) < 4.78 is 5.17. The van der Waals surface area contributed by atoms with Crippen LogP contribution in [-0.2, 0) is 0 Å². The number of benzene rings is 1. The maximum atomic E-state index is 11.9. The maximum absolute atomic E-state index is 11.9. The van der Waals surface area contributed by atoms with E-state index in [-0.39, 0.29) is 16.0 Å². The first-order chi connectivity index (χ1) is 8.60. The number of carbonyl (C=O) groups is 1. The molecule has 0 atom stereocenters. The van der Waals surface area contributed by atoms with Gasteiger partial charge in [-0.3, -0.25) is 4.79 Å². The van der Waals surface area contributed by atoms with E-state index in [1.807, 2.05) is 19.1 Å². The Hall–Kier alpha value is -2.15. The van der Waals surface area contributed by atoms with E-state index in [0.717, 1.165) is 16.9 Å². The highest BCUT2D eigenvalue weighted by molar-refractivity contribution is 7.16. The van der Waals surface area contributed by atoms with Crippen LogP contribution in [0.2, 0.25) is 0 Å². The second kappa shape index (κ2) is 5.01. The lowest BCUT2D eigenvalue weighted by molar-refractivity contribution is 0.102. The first kappa shape index (κ1) is 12.3. The lowest BCUT2D eigenvalue weighted by Gasteiger charge is -2.09. The van der Waals surface area contributed by atoms with Crippen molar-refractivity contribution in [2.45, 2.75) is 6.92 Å². The number of anilines is 2. The van der Waals surface area contributed by atoms with E-state index < -0.39 is 0 Å². The number of nitrogen functional groups attached to an aromatic ring is 1. The van der Waals surface area contributed by atoms with E-state index >= 15 is 0 Å². The average Bonchev–Trinajstić information content (AvgIpc) is 2.76. The molecular formula is C11H12N4O2S. The Kier molecular flexibility index (Phi) is 3.42. The third kappa shape index (κ3) is 2.57. The van der Waals surface area contributed by atoms with Crippen molar-refractivity contribution in [3.05, 3.63) is 28.8 Å². The van der Waals surface area contributed by atoms with E-state index in [1.54, 1.807) is 13.2 Å². The second-order valence-corrected chi connectivity index (χ2v) is 4.61. The van der Waals surface area contributed by atoms with Gasteiger partial charge in [-0.25, -0.2) is 0 Å². The number of nitrogens with zero attached hydrogens (tertiary/aromatic N) is 2. The summed E-state index contributed by atoms with van der Waals surface area (Å²) >= 11 is 1.04. The smallest absolute Gasteiger partial charge is 0.286 e. The number of aromatic nitrogens is 2. The maximum Gasteiger partial charge on any atom is 0.286 e. The number of ether oxygens (including phenoxy) is 1. The molecule has 2 aromatic rings. The quantitative estimate of drug-likeness (QED) is 0.880. The average molecular weight is 264 g/mol. The highest BCUT2D eigenvalue weighted by atomic mass is 32.1. The van der Waals surface area contributed by atoms with Crippen molar-refractivity contribution in [1.29, 1.82) is 0 Å². The first-order valence-electron chi connectivity index (χ1n) is 5.15. The Labute approximate surface area is 108 Å². The van der Waals surface area contributed by atoms with Gasteiger partial charge in [0.1, 0.15) is 5.75 Å². The summed E-state index contributed by atoms with van der Waals surface area (Å²) in [5, 5.41) is 10.5. The fourth-order valence-electron chi connectivity index (χ4n) is 1.42. The number of rotatable bonds is 3. The van der Waals surface area contributed by atoms with Gasteiger partial charge in [0.25, 0.3) is 5.91 Å². The van der Waals surface area contributed by atoms with Gasteiger partial charge in [0.05, 0.1) is 12.8 Å². The summed E-state index contributed by atoms with van der Waals surface area (Å²) in [5.41, 5.74) is 7.04. The van der Waals surface area contributed by atoms with Crippen LogP contribution < -0.4 is 15.8 Å². The number of hydrogen-bond acceptors (Lipinski definition) is 6. The Bertz CT molecular complexity index is 582. The number of nitrogens with one attached hydrogen (secondary N) is 1. The number of methoxy groups -OCH3 is 1. The van der Waals surface area contributed by atoms with Crippen molar-refractivity contribution < 1.29 is 9.53 Å². The van der Waals surface area contributed by atoms with Crippen LogP contribution in [0, 0.1) is 6.92 Å². The zero-order valence-electron chi connectivity index (χ0n) is 9.93. The van der Waals surface area contributed by atoms with Crippen LogP contribution in [0.1, 0.15) is 15.4 Å². The molecule has 0 fully saturated rings. The largest absolute Gasteiger partial charge is 0.495 e. The van der Waals surface area contributed by atoms with Gasteiger partial charge in [0.15, 0.2) is 0 Å². The summed E-state index contributed by atoms with van der Waals surface area (Å²) in [6, 6.07) is 5.51. The molecule has 0 unspecified atom stereocenters.